The number of carboxylic acids is 1. The molecule has 0 aliphatic carbocycles. The zero-order valence-electron chi connectivity index (χ0n) is 12.2. The molecule has 1 aromatic rings. The number of ether oxygens (including phenoxy) is 1. The van der Waals surface area contributed by atoms with E-state index in [2.05, 4.69) is 0 Å². The molecule has 0 saturated carbocycles. The number of hydrogen-bond acceptors (Lipinski definition) is 5. The first-order valence-electron chi connectivity index (χ1n) is 6.35. The van der Waals surface area contributed by atoms with Crippen LogP contribution < -0.4 is 5.73 Å². The Morgan fingerprint density at radius 3 is 2.48 bits per heavy atom. The molecule has 0 aromatic heterocycles. The number of carboxylic acid groups (broad SMARTS) is 1. The summed E-state index contributed by atoms with van der Waals surface area (Å²) in [6, 6.07) is 3.31. The SMILES string of the molecule is COCCN(C(C)C)S(=O)(=O)c1ccc(C(=O)O)cc1N. The monoisotopic (exact) mass is 316 g/mol. The first-order chi connectivity index (χ1) is 9.71. The van der Waals surface area contributed by atoms with E-state index >= 15 is 0 Å². The average Bonchev–Trinajstić information content (AvgIpc) is 2.37. The quantitative estimate of drug-likeness (QED) is 0.727. The summed E-state index contributed by atoms with van der Waals surface area (Å²) in [6.45, 7) is 3.94. The van der Waals surface area contributed by atoms with E-state index in [0.29, 0.717) is 0 Å². The maximum Gasteiger partial charge on any atom is 0.335 e. The Hall–Kier alpha value is -1.64. The fourth-order valence-corrected chi connectivity index (χ4v) is 3.60. The number of aromatic carboxylic acids is 1. The molecule has 0 radical (unpaired) electrons. The molecule has 0 spiro atoms. The van der Waals surface area contributed by atoms with Gasteiger partial charge in [-0.3, -0.25) is 0 Å². The number of carbonyl (C=O) groups is 1. The van der Waals surface area contributed by atoms with E-state index in [1.165, 1.54) is 23.5 Å². The van der Waals surface area contributed by atoms with Crippen molar-refractivity contribution in [3.63, 3.8) is 0 Å². The molecule has 8 heteroatoms. The predicted octanol–water partition coefficient (Wildman–Crippen LogP) is 1.01. The van der Waals surface area contributed by atoms with Gasteiger partial charge in [-0.2, -0.15) is 4.31 Å². The maximum atomic E-state index is 12.6. The Morgan fingerprint density at radius 1 is 1.43 bits per heavy atom. The van der Waals surface area contributed by atoms with Gasteiger partial charge in [0.25, 0.3) is 0 Å². The number of sulfonamides is 1. The van der Waals surface area contributed by atoms with Gasteiger partial charge in [0, 0.05) is 19.7 Å². The van der Waals surface area contributed by atoms with Crippen LogP contribution >= 0.6 is 0 Å². The maximum absolute atomic E-state index is 12.6. The zero-order chi connectivity index (χ0) is 16.2. The first-order valence-corrected chi connectivity index (χ1v) is 7.79. The second-order valence-corrected chi connectivity index (χ2v) is 6.62. The molecule has 0 saturated heterocycles. The number of benzene rings is 1. The van der Waals surface area contributed by atoms with E-state index in [9.17, 15) is 13.2 Å². The van der Waals surface area contributed by atoms with Gasteiger partial charge < -0.3 is 15.6 Å². The van der Waals surface area contributed by atoms with E-state index < -0.39 is 16.0 Å². The second kappa shape index (κ2) is 6.88. The molecule has 1 rings (SSSR count). The van der Waals surface area contributed by atoms with Gasteiger partial charge in [0.2, 0.25) is 10.0 Å². The van der Waals surface area contributed by atoms with Crippen molar-refractivity contribution in [2.75, 3.05) is 26.0 Å². The Morgan fingerprint density at radius 2 is 2.05 bits per heavy atom. The molecule has 7 nitrogen and oxygen atoms in total. The van der Waals surface area contributed by atoms with Crippen LogP contribution in [0.5, 0.6) is 0 Å². The number of anilines is 1. The summed E-state index contributed by atoms with van der Waals surface area (Å²) in [7, 11) is -2.32. The third-order valence-electron chi connectivity index (χ3n) is 2.94. The van der Waals surface area contributed by atoms with Gasteiger partial charge in [0.15, 0.2) is 0 Å². The minimum Gasteiger partial charge on any atom is -0.478 e. The van der Waals surface area contributed by atoms with Gasteiger partial charge >= 0.3 is 5.97 Å². The van der Waals surface area contributed by atoms with E-state index in [4.69, 9.17) is 15.6 Å². The summed E-state index contributed by atoms with van der Waals surface area (Å²) in [4.78, 5) is 10.8. The van der Waals surface area contributed by atoms with Crippen LogP contribution in [-0.2, 0) is 14.8 Å². The topological polar surface area (TPSA) is 110 Å². The van der Waals surface area contributed by atoms with Crippen LogP contribution in [0.2, 0.25) is 0 Å². The Kier molecular flexibility index (Phi) is 5.70. The number of nitrogens with zero attached hydrogens (tertiary/aromatic N) is 1. The van der Waals surface area contributed by atoms with Crippen LogP contribution in [0.4, 0.5) is 5.69 Å². The molecular weight excluding hydrogens is 296 g/mol. The lowest BCUT2D eigenvalue weighted by molar-refractivity contribution is 0.0697. The van der Waals surface area contributed by atoms with Crippen LogP contribution in [0.1, 0.15) is 24.2 Å². The zero-order valence-corrected chi connectivity index (χ0v) is 13.1. The summed E-state index contributed by atoms with van der Waals surface area (Å²) in [5.41, 5.74) is 5.57. The lowest BCUT2D eigenvalue weighted by Gasteiger charge is -2.26. The molecule has 1 aromatic carbocycles. The molecule has 3 N–H and O–H groups in total. The predicted molar refractivity (Wildman–Crippen MR) is 78.7 cm³/mol. The summed E-state index contributed by atoms with van der Waals surface area (Å²) in [6.07, 6.45) is 0. The van der Waals surface area contributed by atoms with Crippen LogP contribution in [0, 0.1) is 0 Å². The summed E-state index contributed by atoms with van der Waals surface area (Å²) in [5, 5.41) is 8.88. The molecule has 0 unspecified atom stereocenters. The third-order valence-corrected chi connectivity index (χ3v) is 5.08. The van der Waals surface area contributed by atoms with E-state index in [1.54, 1.807) is 13.8 Å². The van der Waals surface area contributed by atoms with Gasteiger partial charge in [-0.1, -0.05) is 0 Å². The van der Waals surface area contributed by atoms with Crippen LogP contribution in [0.3, 0.4) is 0 Å². The average molecular weight is 316 g/mol. The Bertz CT molecular complexity index is 613. The van der Waals surface area contributed by atoms with Crippen molar-refractivity contribution in [2.45, 2.75) is 24.8 Å². The van der Waals surface area contributed by atoms with Crippen LogP contribution in [-0.4, -0.2) is 50.1 Å². The summed E-state index contributed by atoms with van der Waals surface area (Å²) in [5.74, 6) is -1.16. The Balaban J connectivity index is 3.25. The molecule has 0 fully saturated rings. The minimum atomic E-state index is -3.81. The highest BCUT2D eigenvalue weighted by atomic mass is 32.2. The van der Waals surface area contributed by atoms with Crippen LogP contribution in [0.25, 0.3) is 0 Å². The number of methoxy groups -OCH3 is 1. The van der Waals surface area contributed by atoms with Gasteiger partial charge in [0.05, 0.1) is 17.9 Å². The lowest BCUT2D eigenvalue weighted by Crippen LogP contribution is -2.39. The molecule has 118 valence electrons. The van der Waals surface area contributed by atoms with Crippen molar-refractivity contribution in [1.82, 2.24) is 4.31 Å². The second-order valence-electron chi connectivity index (χ2n) is 4.76. The highest BCUT2D eigenvalue weighted by Crippen LogP contribution is 2.25. The number of rotatable bonds is 7. The van der Waals surface area contributed by atoms with Crippen molar-refractivity contribution in [3.05, 3.63) is 23.8 Å². The minimum absolute atomic E-state index is 0.0561. The van der Waals surface area contributed by atoms with Gasteiger partial charge in [0.1, 0.15) is 4.90 Å². The number of nitrogens with two attached hydrogens (primary N) is 1. The Labute approximate surface area is 124 Å². The lowest BCUT2D eigenvalue weighted by atomic mass is 10.2. The van der Waals surface area contributed by atoms with Crippen molar-refractivity contribution >= 4 is 21.7 Å². The van der Waals surface area contributed by atoms with Crippen molar-refractivity contribution in [2.24, 2.45) is 0 Å². The van der Waals surface area contributed by atoms with E-state index in [-0.39, 0.29) is 35.3 Å². The van der Waals surface area contributed by atoms with Crippen molar-refractivity contribution in [1.29, 1.82) is 0 Å². The van der Waals surface area contributed by atoms with Crippen LogP contribution in [0.15, 0.2) is 23.1 Å². The molecule has 0 bridgehead atoms. The van der Waals surface area contributed by atoms with Gasteiger partial charge in [-0.15, -0.1) is 0 Å². The highest BCUT2D eigenvalue weighted by molar-refractivity contribution is 7.89. The normalized spacial score (nSPS) is 12.0. The van der Waals surface area contributed by atoms with Gasteiger partial charge in [-0.25, -0.2) is 13.2 Å². The molecule has 0 aliphatic rings. The smallest absolute Gasteiger partial charge is 0.335 e. The van der Waals surface area contributed by atoms with E-state index in [0.717, 1.165) is 6.07 Å². The summed E-state index contributed by atoms with van der Waals surface area (Å²) >= 11 is 0. The molecule has 0 heterocycles. The molecular formula is C13H20N2O5S. The largest absolute Gasteiger partial charge is 0.478 e. The fraction of sp³-hybridized carbons (Fsp3) is 0.462. The van der Waals surface area contributed by atoms with E-state index in [1.807, 2.05) is 0 Å². The van der Waals surface area contributed by atoms with Gasteiger partial charge in [-0.05, 0) is 32.0 Å². The van der Waals surface area contributed by atoms with Crippen molar-refractivity contribution < 1.29 is 23.1 Å². The third kappa shape index (κ3) is 3.93. The number of nitrogen functional groups attached to an aromatic ring is 1. The standard InChI is InChI=1S/C13H20N2O5S/c1-9(2)15(6-7-20-3)21(18,19)12-5-4-10(13(16)17)8-11(12)14/h4-5,8-9H,6-7,14H2,1-3H3,(H,16,17). The summed E-state index contributed by atoms with van der Waals surface area (Å²) < 4.78 is 31.4. The molecule has 0 atom stereocenters. The highest BCUT2D eigenvalue weighted by Gasteiger charge is 2.28. The molecule has 0 aliphatic heterocycles. The first kappa shape index (κ1) is 17.4. The molecule has 21 heavy (non-hydrogen) atoms. The molecule has 0 amide bonds. The fourth-order valence-electron chi connectivity index (χ4n) is 1.88. The van der Waals surface area contributed by atoms with Crippen molar-refractivity contribution in [3.8, 4) is 0 Å². The number of hydrogen-bond donors (Lipinski definition) is 2.